The monoisotopic (exact) mass is 381 g/mol. The van der Waals surface area contributed by atoms with E-state index in [1.807, 2.05) is 0 Å². The second-order valence-corrected chi connectivity index (χ2v) is 8.79. The lowest BCUT2D eigenvalue weighted by Gasteiger charge is -2.12. The Hall–Kier alpha value is -2.08. The highest BCUT2D eigenvalue weighted by atomic mass is 32.2. The third kappa shape index (κ3) is 3.87. The average molecular weight is 381 g/mol. The van der Waals surface area contributed by atoms with Gasteiger partial charge in [0, 0.05) is 36.7 Å². The third-order valence-electron chi connectivity index (χ3n) is 2.82. The Balaban J connectivity index is 2.81. The van der Waals surface area contributed by atoms with Crippen molar-refractivity contribution in [3.63, 3.8) is 0 Å². The molecule has 0 N–H and O–H groups in total. The van der Waals surface area contributed by atoms with Gasteiger partial charge in [-0.1, -0.05) is 0 Å². The van der Waals surface area contributed by atoms with E-state index in [4.69, 9.17) is 0 Å². The molecular formula is C12H10F3N3O4S2. The van der Waals surface area contributed by atoms with E-state index < -0.39 is 42.3 Å². The number of pyridine rings is 1. The first-order chi connectivity index (χ1) is 10.8. The Morgan fingerprint density at radius 3 is 2.08 bits per heavy atom. The lowest BCUT2D eigenvalue weighted by atomic mass is 10.1. The van der Waals surface area contributed by atoms with Crippen molar-refractivity contribution in [2.24, 2.45) is 0 Å². The van der Waals surface area contributed by atoms with Crippen LogP contribution in [0.5, 0.6) is 0 Å². The lowest BCUT2D eigenvalue weighted by Crippen LogP contribution is -2.13. The van der Waals surface area contributed by atoms with Gasteiger partial charge in [0.05, 0.1) is 10.6 Å². The predicted octanol–water partition coefficient (Wildman–Crippen LogP) is 1.36. The van der Waals surface area contributed by atoms with Gasteiger partial charge in [-0.2, -0.15) is 13.2 Å². The molecule has 0 aromatic carbocycles. The normalized spacial score (nSPS) is 13.0. The molecule has 2 aromatic heterocycles. The number of alkyl halides is 3. The summed E-state index contributed by atoms with van der Waals surface area (Å²) in [5, 5.41) is -0.810. The molecule has 7 nitrogen and oxygen atoms in total. The Morgan fingerprint density at radius 1 is 0.958 bits per heavy atom. The average Bonchev–Trinajstić information content (AvgIpc) is 2.44. The second-order valence-electron chi connectivity index (χ2n) is 4.87. The Morgan fingerprint density at radius 2 is 1.58 bits per heavy atom. The molecule has 0 bridgehead atoms. The molecule has 2 rings (SSSR count). The number of hydrogen-bond acceptors (Lipinski definition) is 7. The number of nitrogens with zero attached hydrogens (tertiary/aromatic N) is 3. The van der Waals surface area contributed by atoms with Crippen LogP contribution in [-0.4, -0.2) is 44.3 Å². The summed E-state index contributed by atoms with van der Waals surface area (Å²) in [6.45, 7) is 0. The third-order valence-corrected chi connectivity index (χ3v) is 4.76. The van der Waals surface area contributed by atoms with E-state index in [9.17, 15) is 30.0 Å². The molecule has 0 aliphatic heterocycles. The van der Waals surface area contributed by atoms with Gasteiger partial charge in [0.15, 0.2) is 9.84 Å². The molecule has 0 saturated heterocycles. The fourth-order valence-corrected chi connectivity index (χ4v) is 2.82. The van der Waals surface area contributed by atoms with E-state index in [0.29, 0.717) is 6.20 Å². The molecule has 0 amide bonds. The van der Waals surface area contributed by atoms with Crippen LogP contribution in [0.2, 0.25) is 0 Å². The molecule has 0 unspecified atom stereocenters. The summed E-state index contributed by atoms with van der Waals surface area (Å²) in [6.07, 6.45) is -1.01. The van der Waals surface area contributed by atoms with E-state index in [0.717, 1.165) is 31.0 Å². The second kappa shape index (κ2) is 5.77. The van der Waals surface area contributed by atoms with Crippen molar-refractivity contribution in [2.75, 3.05) is 12.5 Å². The van der Waals surface area contributed by atoms with Crippen LogP contribution in [0.3, 0.4) is 0 Å². The Kier molecular flexibility index (Phi) is 4.39. The molecule has 12 heteroatoms. The van der Waals surface area contributed by atoms with Crippen molar-refractivity contribution in [2.45, 2.75) is 16.2 Å². The summed E-state index contributed by atoms with van der Waals surface area (Å²) in [4.78, 5) is 9.93. The summed E-state index contributed by atoms with van der Waals surface area (Å²) in [5.74, 6) is 0. The molecule has 130 valence electrons. The van der Waals surface area contributed by atoms with Crippen molar-refractivity contribution in [1.82, 2.24) is 15.0 Å². The summed E-state index contributed by atoms with van der Waals surface area (Å²) >= 11 is 0. The van der Waals surface area contributed by atoms with Crippen LogP contribution in [0.1, 0.15) is 5.56 Å². The van der Waals surface area contributed by atoms with Gasteiger partial charge in [0.25, 0.3) is 0 Å². The topological polar surface area (TPSA) is 107 Å². The van der Waals surface area contributed by atoms with Crippen LogP contribution in [0.25, 0.3) is 11.3 Å². The molecule has 2 heterocycles. The number of rotatable bonds is 3. The fourth-order valence-electron chi connectivity index (χ4n) is 1.72. The first kappa shape index (κ1) is 18.3. The maximum atomic E-state index is 13.1. The van der Waals surface area contributed by atoms with Gasteiger partial charge < -0.3 is 0 Å². The Labute approximate surface area is 135 Å². The molecule has 0 aliphatic carbocycles. The van der Waals surface area contributed by atoms with Gasteiger partial charge in [-0.25, -0.2) is 26.8 Å². The van der Waals surface area contributed by atoms with Crippen LogP contribution < -0.4 is 0 Å². The molecule has 2 aromatic rings. The maximum Gasteiger partial charge on any atom is 0.419 e. The van der Waals surface area contributed by atoms with Gasteiger partial charge in [-0.3, -0.25) is 4.98 Å². The lowest BCUT2D eigenvalue weighted by molar-refractivity contribution is -0.137. The zero-order chi connectivity index (χ0) is 18.3. The van der Waals surface area contributed by atoms with Gasteiger partial charge in [-0.05, 0) is 6.07 Å². The quantitative estimate of drug-likeness (QED) is 0.739. The highest BCUT2D eigenvalue weighted by molar-refractivity contribution is 7.90. The predicted molar refractivity (Wildman–Crippen MR) is 76.5 cm³/mol. The van der Waals surface area contributed by atoms with Crippen LogP contribution in [0.15, 0.2) is 34.7 Å². The molecule has 0 spiro atoms. The maximum absolute atomic E-state index is 13.1. The Bertz CT molecular complexity index is 1000. The minimum Gasteiger partial charge on any atom is -0.263 e. The molecule has 0 radical (unpaired) electrons. The number of sulfone groups is 2. The van der Waals surface area contributed by atoms with Gasteiger partial charge in [-0.15, -0.1) is 0 Å². The van der Waals surface area contributed by atoms with Crippen molar-refractivity contribution >= 4 is 19.7 Å². The molecule has 0 atom stereocenters. The van der Waals surface area contributed by atoms with Crippen molar-refractivity contribution < 1.29 is 30.0 Å². The number of aromatic nitrogens is 3. The summed E-state index contributed by atoms with van der Waals surface area (Å²) in [6, 6.07) is 0.936. The molecule has 0 fully saturated rings. The first-order valence-electron chi connectivity index (χ1n) is 6.10. The molecule has 24 heavy (non-hydrogen) atoms. The highest BCUT2D eigenvalue weighted by Crippen LogP contribution is 2.36. The first-order valence-corrected chi connectivity index (χ1v) is 9.88. The fraction of sp³-hybridized carbons (Fsp3) is 0.250. The number of halogens is 3. The zero-order valence-electron chi connectivity index (χ0n) is 12.2. The van der Waals surface area contributed by atoms with Crippen LogP contribution in [0.4, 0.5) is 13.2 Å². The summed E-state index contributed by atoms with van der Waals surface area (Å²) in [7, 11) is -7.69. The minimum atomic E-state index is -4.87. The largest absolute Gasteiger partial charge is 0.419 e. The molecule has 0 aliphatic rings. The molecule has 0 saturated carbocycles. The standard InChI is InChI=1S/C12H10F3N3O4S2/c1-23(19,20)8-3-7(4-16-5-8)10-9(12(13,14)15)6-17-11(18-10)24(2,21)22/h3-6H,1-2H3. The van der Waals surface area contributed by atoms with E-state index >= 15 is 0 Å². The van der Waals surface area contributed by atoms with Crippen LogP contribution >= 0.6 is 0 Å². The van der Waals surface area contributed by atoms with Crippen LogP contribution in [0, 0.1) is 0 Å². The molecular weight excluding hydrogens is 371 g/mol. The van der Waals surface area contributed by atoms with Gasteiger partial charge >= 0.3 is 6.18 Å². The van der Waals surface area contributed by atoms with Gasteiger partial charge in [0.2, 0.25) is 15.0 Å². The zero-order valence-corrected chi connectivity index (χ0v) is 13.9. The van der Waals surface area contributed by atoms with Crippen LogP contribution in [-0.2, 0) is 25.9 Å². The van der Waals surface area contributed by atoms with E-state index in [1.165, 1.54) is 0 Å². The van der Waals surface area contributed by atoms with E-state index in [1.54, 1.807) is 0 Å². The SMILES string of the molecule is CS(=O)(=O)c1cncc(-c2nc(S(C)(=O)=O)ncc2C(F)(F)F)c1. The summed E-state index contributed by atoms with van der Waals surface area (Å²) < 4.78 is 85.4. The van der Waals surface area contributed by atoms with E-state index in [2.05, 4.69) is 15.0 Å². The smallest absolute Gasteiger partial charge is 0.263 e. The van der Waals surface area contributed by atoms with Gasteiger partial charge in [0.1, 0.15) is 5.56 Å². The summed E-state index contributed by atoms with van der Waals surface area (Å²) in [5.41, 5.74) is -2.36. The number of hydrogen-bond donors (Lipinski definition) is 0. The van der Waals surface area contributed by atoms with E-state index in [-0.39, 0.29) is 10.5 Å². The minimum absolute atomic E-state index is 0.294. The van der Waals surface area contributed by atoms with Crippen molar-refractivity contribution in [1.29, 1.82) is 0 Å². The van der Waals surface area contributed by atoms with Crippen molar-refractivity contribution in [3.8, 4) is 11.3 Å². The van der Waals surface area contributed by atoms with Crippen molar-refractivity contribution in [3.05, 3.63) is 30.2 Å². The highest BCUT2D eigenvalue weighted by Gasteiger charge is 2.36.